The summed E-state index contributed by atoms with van der Waals surface area (Å²) in [6, 6.07) is 22.7. The highest BCUT2D eigenvalue weighted by Crippen LogP contribution is 2.14. The van der Waals surface area contributed by atoms with Crippen LogP contribution in [0.5, 0.6) is 0 Å². The first-order chi connectivity index (χ1) is 10.3. The van der Waals surface area contributed by atoms with Gasteiger partial charge in [-0.15, -0.1) is 0 Å². The Kier molecular flexibility index (Phi) is 4.40. The van der Waals surface area contributed by atoms with Crippen LogP contribution in [0.3, 0.4) is 0 Å². The predicted molar refractivity (Wildman–Crippen MR) is 98.3 cm³/mol. The van der Waals surface area contributed by atoms with Crippen molar-refractivity contribution >= 4 is 45.8 Å². The van der Waals surface area contributed by atoms with Crippen LogP contribution >= 0.6 is 22.6 Å². The Morgan fingerprint density at radius 3 is 2.14 bits per heavy atom. The molecular weight excluding hydrogens is 371 g/mol. The van der Waals surface area contributed by atoms with Crippen molar-refractivity contribution in [1.29, 1.82) is 0 Å². The molecule has 0 radical (unpaired) electrons. The molecule has 3 rings (SSSR count). The van der Waals surface area contributed by atoms with E-state index in [1.54, 1.807) is 12.4 Å². The predicted octanol–water partition coefficient (Wildman–Crippen LogP) is 4.90. The highest BCUT2D eigenvalue weighted by atomic mass is 127. The number of fused-ring (bicyclic) bond motifs is 1. The molecule has 0 aromatic heterocycles. The zero-order chi connectivity index (χ0) is 14.5. The largest absolute Gasteiger partial charge is 0.159 e. The summed E-state index contributed by atoms with van der Waals surface area (Å²) >= 11 is 2.28. The Balaban J connectivity index is 1.75. The van der Waals surface area contributed by atoms with Gasteiger partial charge in [0.1, 0.15) is 0 Å². The van der Waals surface area contributed by atoms with Crippen molar-refractivity contribution in [3.05, 3.63) is 81.4 Å². The molecule has 0 aliphatic heterocycles. The Labute approximate surface area is 137 Å². The fourth-order valence-corrected chi connectivity index (χ4v) is 2.64. The summed E-state index contributed by atoms with van der Waals surface area (Å²) in [5.74, 6) is 0. The second-order valence-electron chi connectivity index (χ2n) is 4.65. The van der Waals surface area contributed by atoms with E-state index in [0.29, 0.717) is 0 Å². The lowest BCUT2D eigenvalue weighted by atomic mass is 10.1. The average Bonchev–Trinajstić information content (AvgIpc) is 2.51. The highest BCUT2D eigenvalue weighted by Gasteiger charge is 1.93. The van der Waals surface area contributed by atoms with E-state index in [4.69, 9.17) is 0 Å². The summed E-state index contributed by atoms with van der Waals surface area (Å²) < 4.78 is 1.19. The van der Waals surface area contributed by atoms with Crippen LogP contribution in [0.2, 0.25) is 0 Å². The van der Waals surface area contributed by atoms with E-state index in [1.807, 2.05) is 30.3 Å². The molecule has 0 spiro atoms. The van der Waals surface area contributed by atoms with Crippen molar-refractivity contribution < 1.29 is 0 Å². The molecule has 0 heterocycles. The van der Waals surface area contributed by atoms with Crippen LogP contribution in [0.15, 0.2) is 76.9 Å². The van der Waals surface area contributed by atoms with Crippen LogP contribution < -0.4 is 0 Å². The maximum atomic E-state index is 4.12. The minimum Gasteiger partial charge on any atom is -0.159 e. The Bertz CT molecular complexity index is 822. The summed E-state index contributed by atoms with van der Waals surface area (Å²) in [5, 5.41) is 10.7. The van der Waals surface area contributed by atoms with Gasteiger partial charge in [-0.05, 0) is 62.7 Å². The van der Waals surface area contributed by atoms with Gasteiger partial charge in [0, 0.05) is 3.57 Å². The van der Waals surface area contributed by atoms with Crippen LogP contribution in [0.1, 0.15) is 11.1 Å². The molecule has 0 amide bonds. The third-order valence-electron chi connectivity index (χ3n) is 3.10. The number of benzene rings is 3. The highest BCUT2D eigenvalue weighted by molar-refractivity contribution is 14.1. The van der Waals surface area contributed by atoms with Crippen LogP contribution in [-0.4, -0.2) is 12.4 Å². The van der Waals surface area contributed by atoms with Crippen molar-refractivity contribution in [2.75, 3.05) is 0 Å². The van der Waals surface area contributed by atoms with E-state index in [1.165, 1.54) is 14.3 Å². The zero-order valence-corrected chi connectivity index (χ0v) is 13.4. The fourth-order valence-electron chi connectivity index (χ4n) is 2.07. The molecule has 0 N–H and O–H groups in total. The SMILES string of the molecule is Ic1cccc(/C=N\N=C/c2ccc3ccccc3c2)c1. The lowest BCUT2D eigenvalue weighted by Gasteiger charge is -1.97. The molecule has 3 aromatic carbocycles. The summed E-state index contributed by atoms with van der Waals surface area (Å²) in [7, 11) is 0. The third kappa shape index (κ3) is 3.76. The van der Waals surface area contributed by atoms with Crippen LogP contribution in [0.25, 0.3) is 10.8 Å². The molecule has 0 unspecified atom stereocenters. The van der Waals surface area contributed by atoms with Crippen molar-refractivity contribution in [3.63, 3.8) is 0 Å². The van der Waals surface area contributed by atoms with Gasteiger partial charge in [-0.25, -0.2) is 0 Å². The maximum Gasteiger partial charge on any atom is 0.0568 e. The molecule has 0 fully saturated rings. The van der Waals surface area contributed by atoms with Gasteiger partial charge in [-0.1, -0.05) is 48.5 Å². The molecular formula is C18H13IN2. The fraction of sp³-hybridized carbons (Fsp3) is 0. The van der Waals surface area contributed by atoms with Crippen LogP contribution in [-0.2, 0) is 0 Å². The minimum atomic E-state index is 1.05. The lowest BCUT2D eigenvalue weighted by Crippen LogP contribution is -1.83. The summed E-state index contributed by atoms with van der Waals surface area (Å²) in [5.41, 5.74) is 2.10. The second kappa shape index (κ2) is 6.63. The van der Waals surface area contributed by atoms with Gasteiger partial charge in [-0.2, -0.15) is 10.2 Å². The van der Waals surface area contributed by atoms with Gasteiger partial charge < -0.3 is 0 Å². The van der Waals surface area contributed by atoms with Crippen molar-refractivity contribution in [2.24, 2.45) is 10.2 Å². The molecule has 0 saturated heterocycles. The van der Waals surface area contributed by atoms with E-state index in [9.17, 15) is 0 Å². The van der Waals surface area contributed by atoms with E-state index < -0.39 is 0 Å². The first-order valence-corrected chi connectivity index (χ1v) is 7.70. The van der Waals surface area contributed by atoms with E-state index in [0.717, 1.165) is 11.1 Å². The number of nitrogens with zero attached hydrogens (tertiary/aromatic N) is 2. The average molecular weight is 384 g/mol. The standard InChI is InChI=1S/C18H13IN2/c19-18-7-3-4-14(11-18)12-20-21-13-15-8-9-16-5-1-2-6-17(16)10-15/h1-13H/b20-12-,21-13-. The molecule has 3 aromatic rings. The number of hydrogen-bond donors (Lipinski definition) is 0. The maximum absolute atomic E-state index is 4.12. The van der Waals surface area contributed by atoms with Gasteiger partial charge in [0.2, 0.25) is 0 Å². The number of hydrogen-bond acceptors (Lipinski definition) is 2. The molecule has 0 aliphatic rings. The lowest BCUT2D eigenvalue weighted by molar-refractivity contribution is 1.26. The Hall–Kier alpha value is -2.01. The van der Waals surface area contributed by atoms with Crippen molar-refractivity contribution in [2.45, 2.75) is 0 Å². The number of rotatable bonds is 3. The van der Waals surface area contributed by atoms with Gasteiger partial charge in [0.15, 0.2) is 0 Å². The monoisotopic (exact) mass is 384 g/mol. The Morgan fingerprint density at radius 1 is 0.667 bits per heavy atom. The first-order valence-electron chi connectivity index (χ1n) is 6.62. The summed E-state index contributed by atoms with van der Waals surface area (Å²) in [6.45, 7) is 0. The van der Waals surface area contributed by atoms with E-state index in [-0.39, 0.29) is 0 Å². The minimum absolute atomic E-state index is 1.05. The molecule has 21 heavy (non-hydrogen) atoms. The van der Waals surface area contributed by atoms with Gasteiger partial charge in [0.25, 0.3) is 0 Å². The normalized spacial score (nSPS) is 11.7. The third-order valence-corrected chi connectivity index (χ3v) is 3.77. The summed E-state index contributed by atoms with van der Waals surface area (Å²) in [4.78, 5) is 0. The zero-order valence-electron chi connectivity index (χ0n) is 11.3. The molecule has 0 aliphatic carbocycles. The molecule has 3 heteroatoms. The van der Waals surface area contributed by atoms with Crippen molar-refractivity contribution in [1.82, 2.24) is 0 Å². The second-order valence-corrected chi connectivity index (χ2v) is 5.90. The van der Waals surface area contributed by atoms with Crippen LogP contribution in [0.4, 0.5) is 0 Å². The topological polar surface area (TPSA) is 24.7 Å². The van der Waals surface area contributed by atoms with Gasteiger partial charge in [0.05, 0.1) is 12.4 Å². The molecule has 0 atom stereocenters. The number of halogens is 1. The molecule has 102 valence electrons. The van der Waals surface area contributed by atoms with Gasteiger partial charge >= 0.3 is 0 Å². The Morgan fingerprint density at radius 2 is 1.38 bits per heavy atom. The van der Waals surface area contributed by atoms with Crippen LogP contribution in [0, 0.1) is 3.57 Å². The first kappa shape index (κ1) is 13.9. The molecule has 0 saturated carbocycles. The van der Waals surface area contributed by atoms with Gasteiger partial charge in [-0.3, -0.25) is 0 Å². The quantitative estimate of drug-likeness (QED) is 0.349. The molecule has 2 nitrogen and oxygen atoms in total. The van der Waals surface area contributed by atoms with Crippen molar-refractivity contribution in [3.8, 4) is 0 Å². The smallest absolute Gasteiger partial charge is 0.0568 e. The molecule has 0 bridgehead atoms. The van der Waals surface area contributed by atoms with E-state index in [2.05, 4.69) is 69.2 Å². The van der Waals surface area contributed by atoms with E-state index >= 15 is 0 Å². The summed E-state index contributed by atoms with van der Waals surface area (Å²) in [6.07, 6.45) is 3.54.